The fourth-order valence-corrected chi connectivity index (χ4v) is 1.95. The molecule has 0 N–H and O–H groups in total. The van der Waals surface area contributed by atoms with E-state index < -0.39 is 0 Å². The first kappa shape index (κ1) is 8.10. The van der Waals surface area contributed by atoms with Gasteiger partial charge in [-0.3, -0.25) is 0 Å². The van der Waals surface area contributed by atoms with Gasteiger partial charge in [0.05, 0.1) is 0 Å². The molecule has 0 aromatic carbocycles. The van der Waals surface area contributed by atoms with E-state index in [1.807, 2.05) is 0 Å². The summed E-state index contributed by atoms with van der Waals surface area (Å²) in [6.45, 7) is 6.23. The van der Waals surface area contributed by atoms with Gasteiger partial charge in [-0.05, 0) is 11.8 Å². The maximum atomic E-state index is 3.91. The zero-order chi connectivity index (χ0) is 7.40. The normalized spacial score (nSPS) is 22.2. The minimum absolute atomic E-state index is 1.01. The molecule has 1 saturated carbocycles. The third kappa shape index (κ3) is 1.74. The highest BCUT2D eigenvalue weighted by molar-refractivity contribution is 4.76. The van der Waals surface area contributed by atoms with Crippen molar-refractivity contribution >= 4 is 0 Å². The van der Waals surface area contributed by atoms with Gasteiger partial charge in [-0.1, -0.05) is 52.4 Å². The topological polar surface area (TPSA) is 0 Å². The standard InChI is InChI=1S/C10H19/c1-3-6-9(4-2)10-7-5-8-10/h9-10H,1,3-8H2,2H3. The van der Waals surface area contributed by atoms with Crippen molar-refractivity contribution < 1.29 is 0 Å². The van der Waals surface area contributed by atoms with Crippen molar-refractivity contribution in [3.63, 3.8) is 0 Å². The Morgan fingerprint density at radius 3 is 2.50 bits per heavy atom. The van der Waals surface area contributed by atoms with E-state index in [4.69, 9.17) is 0 Å². The second-order valence-corrected chi connectivity index (χ2v) is 3.50. The lowest BCUT2D eigenvalue weighted by molar-refractivity contribution is 0.191. The van der Waals surface area contributed by atoms with Gasteiger partial charge in [-0.15, -0.1) is 0 Å². The van der Waals surface area contributed by atoms with Crippen LogP contribution in [0.5, 0.6) is 0 Å². The first-order valence-electron chi connectivity index (χ1n) is 4.67. The molecular weight excluding hydrogens is 120 g/mol. The van der Waals surface area contributed by atoms with Crippen molar-refractivity contribution in [3.8, 4) is 0 Å². The van der Waals surface area contributed by atoms with Gasteiger partial charge < -0.3 is 0 Å². The van der Waals surface area contributed by atoms with Gasteiger partial charge in [-0.25, -0.2) is 0 Å². The van der Waals surface area contributed by atoms with Crippen LogP contribution in [0.1, 0.15) is 45.4 Å². The molecule has 0 nitrogen and oxygen atoms in total. The molecule has 0 heterocycles. The van der Waals surface area contributed by atoms with Crippen LogP contribution in [0, 0.1) is 18.8 Å². The molecule has 59 valence electrons. The highest BCUT2D eigenvalue weighted by Crippen LogP contribution is 2.37. The fraction of sp³-hybridized carbons (Fsp3) is 0.900. The Hall–Kier alpha value is 0. The van der Waals surface area contributed by atoms with Crippen molar-refractivity contribution in [2.45, 2.75) is 45.4 Å². The van der Waals surface area contributed by atoms with Gasteiger partial charge in [0, 0.05) is 0 Å². The average Bonchev–Trinajstić information content (AvgIpc) is 1.83. The fourth-order valence-electron chi connectivity index (χ4n) is 1.95. The Balaban J connectivity index is 2.17. The van der Waals surface area contributed by atoms with Crippen LogP contribution in [0.4, 0.5) is 0 Å². The summed E-state index contributed by atoms with van der Waals surface area (Å²) in [7, 11) is 0. The quantitative estimate of drug-likeness (QED) is 0.559. The molecule has 0 amide bonds. The van der Waals surface area contributed by atoms with E-state index in [1.54, 1.807) is 0 Å². The molecule has 10 heavy (non-hydrogen) atoms. The molecule has 0 spiro atoms. The summed E-state index contributed by atoms with van der Waals surface area (Å²) in [5.41, 5.74) is 0. The Bertz CT molecular complexity index is 82.0. The summed E-state index contributed by atoms with van der Waals surface area (Å²) in [5, 5.41) is 0. The summed E-state index contributed by atoms with van der Waals surface area (Å²) in [4.78, 5) is 0. The largest absolute Gasteiger partial charge is 0.0651 e. The molecule has 0 bridgehead atoms. The maximum Gasteiger partial charge on any atom is -0.0386 e. The van der Waals surface area contributed by atoms with Crippen molar-refractivity contribution in [2.24, 2.45) is 11.8 Å². The number of hydrogen-bond acceptors (Lipinski definition) is 0. The SMILES string of the molecule is [CH2]CCC(CC)C1CCC1. The molecule has 0 heteroatoms. The highest BCUT2D eigenvalue weighted by atomic mass is 14.3. The lowest BCUT2D eigenvalue weighted by Gasteiger charge is -2.33. The third-order valence-electron chi connectivity index (χ3n) is 2.92. The van der Waals surface area contributed by atoms with Gasteiger partial charge in [0.25, 0.3) is 0 Å². The van der Waals surface area contributed by atoms with Gasteiger partial charge in [-0.2, -0.15) is 0 Å². The van der Waals surface area contributed by atoms with Crippen LogP contribution in [0.25, 0.3) is 0 Å². The molecule has 0 aromatic heterocycles. The van der Waals surface area contributed by atoms with Crippen molar-refractivity contribution in [3.05, 3.63) is 6.92 Å². The Morgan fingerprint density at radius 2 is 2.20 bits per heavy atom. The molecule has 1 unspecified atom stereocenters. The molecule has 1 radical (unpaired) electrons. The lowest BCUT2D eigenvalue weighted by atomic mass is 9.73. The molecule has 1 atom stereocenters. The molecule has 1 fully saturated rings. The van der Waals surface area contributed by atoms with Crippen LogP contribution in [-0.4, -0.2) is 0 Å². The summed E-state index contributed by atoms with van der Waals surface area (Å²) in [5.74, 6) is 2.08. The number of hydrogen-bond donors (Lipinski definition) is 0. The molecule has 0 aromatic rings. The molecule has 1 aliphatic carbocycles. The Morgan fingerprint density at radius 1 is 1.50 bits per heavy atom. The molecule has 1 aliphatic rings. The molecule has 0 aliphatic heterocycles. The summed E-state index contributed by atoms with van der Waals surface area (Å²) in [6.07, 6.45) is 8.35. The zero-order valence-electron chi connectivity index (χ0n) is 7.10. The van der Waals surface area contributed by atoms with E-state index in [0.29, 0.717) is 0 Å². The van der Waals surface area contributed by atoms with Crippen LogP contribution >= 0.6 is 0 Å². The second-order valence-electron chi connectivity index (χ2n) is 3.50. The predicted octanol–water partition coefficient (Wildman–Crippen LogP) is 3.43. The third-order valence-corrected chi connectivity index (χ3v) is 2.92. The molecule has 1 rings (SSSR count). The van der Waals surface area contributed by atoms with Crippen LogP contribution < -0.4 is 0 Å². The predicted molar refractivity (Wildman–Crippen MR) is 45.7 cm³/mol. The van der Waals surface area contributed by atoms with E-state index in [9.17, 15) is 0 Å². The van der Waals surface area contributed by atoms with E-state index >= 15 is 0 Å². The highest BCUT2D eigenvalue weighted by Gasteiger charge is 2.24. The van der Waals surface area contributed by atoms with Crippen molar-refractivity contribution in [2.75, 3.05) is 0 Å². The average molecular weight is 139 g/mol. The first-order chi connectivity index (χ1) is 4.88. The summed E-state index contributed by atoms with van der Waals surface area (Å²) >= 11 is 0. The Labute approximate surface area is 65.0 Å². The van der Waals surface area contributed by atoms with E-state index in [-0.39, 0.29) is 0 Å². The van der Waals surface area contributed by atoms with E-state index in [0.717, 1.165) is 18.3 Å². The minimum Gasteiger partial charge on any atom is -0.0651 e. The monoisotopic (exact) mass is 139 g/mol. The van der Waals surface area contributed by atoms with Crippen molar-refractivity contribution in [1.82, 2.24) is 0 Å². The Kier molecular flexibility index (Phi) is 3.24. The summed E-state index contributed by atoms with van der Waals surface area (Å²) in [6, 6.07) is 0. The maximum absolute atomic E-state index is 3.91. The van der Waals surface area contributed by atoms with Crippen LogP contribution in [0.15, 0.2) is 0 Å². The van der Waals surface area contributed by atoms with Crippen LogP contribution in [0.3, 0.4) is 0 Å². The van der Waals surface area contributed by atoms with Gasteiger partial charge in [0.15, 0.2) is 0 Å². The van der Waals surface area contributed by atoms with E-state index in [1.165, 1.54) is 32.1 Å². The van der Waals surface area contributed by atoms with Gasteiger partial charge in [0.2, 0.25) is 0 Å². The molecule has 0 saturated heterocycles. The second kappa shape index (κ2) is 4.00. The summed E-state index contributed by atoms with van der Waals surface area (Å²) < 4.78 is 0. The van der Waals surface area contributed by atoms with Crippen LogP contribution in [0.2, 0.25) is 0 Å². The zero-order valence-corrected chi connectivity index (χ0v) is 7.10. The number of rotatable bonds is 4. The lowest BCUT2D eigenvalue weighted by Crippen LogP contribution is -2.21. The van der Waals surface area contributed by atoms with Crippen molar-refractivity contribution in [1.29, 1.82) is 0 Å². The van der Waals surface area contributed by atoms with E-state index in [2.05, 4.69) is 13.8 Å². The minimum atomic E-state index is 1.01. The molecular formula is C10H19. The smallest absolute Gasteiger partial charge is 0.0386 e. The van der Waals surface area contributed by atoms with Crippen LogP contribution in [-0.2, 0) is 0 Å². The van der Waals surface area contributed by atoms with Gasteiger partial charge in [0.1, 0.15) is 0 Å². The van der Waals surface area contributed by atoms with Gasteiger partial charge >= 0.3 is 0 Å². The first-order valence-corrected chi connectivity index (χ1v) is 4.67.